The molecule has 1 aliphatic rings. The predicted molar refractivity (Wildman–Crippen MR) is 92.1 cm³/mol. The van der Waals surface area contributed by atoms with Gasteiger partial charge in [0.05, 0.1) is 11.7 Å². The molecule has 4 rings (SSSR count). The SMILES string of the molecule is CC(NC(=O)c1cccn1C1CC1)c1ccccc1-n1cccn1. The molecule has 5 nitrogen and oxygen atoms in total. The van der Waals surface area contributed by atoms with Crippen molar-refractivity contribution in [1.82, 2.24) is 19.7 Å². The van der Waals surface area contributed by atoms with Crippen LogP contribution in [0.3, 0.4) is 0 Å². The molecule has 5 heteroatoms. The molecule has 0 aliphatic heterocycles. The first-order valence-electron chi connectivity index (χ1n) is 8.30. The van der Waals surface area contributed by atoms with Gasteiger partial charge in [0.15, 0.2) is 0 Å². The molecular weight excluding hydrogens is 300 g/mol. The Kier molecular flexibility index (Phi) is 3.69. The molecule has 1 saturated carbocycles. The standard InChI is InChI=1S/C19H20N4O/c1-14(16-6-2-3-7-17(16)23-13-5-11-20-23)21-19(24)18-8-4-12-22(18)15-9-10-15/h2-8,11-15H,9-10H2,1H3,(H,21,24). The highest BCUT2D eigenvalue weighted by molar-refractivity contribution is 5.93. The molecule has 2 aromatic heterocycles. The number of carbonyl (C=O) groups excluding carboxylic acids is 1. The molecular formula is C19H20N4O. The third-order valence-electron chi connectivity index (χ3n) is 4.45. The summed E-state index contributed by atoms with van der Waals surface area (Å²) in [7, 11) is 0. The van der Waals surface area contributed by atoms with Crippen molar-refractivity contribution in [2.24, 2.45) is 0 Å². The quantitative estimate of drug-likeness (QED) is 0.782. The largest absolute Gasteiger partial charge is 0.344 e. The number of rotatable bonds is 5. The Morgan fingerprint density at radius 2 is 2.00 bits per heavy atom. The summed E-state index contributed by atoms with van der Waals surface area (Å²) in [6.07, 6.45) is 7.97. The summed E-state index contributed by atoms with van der Waals surface area (Å²) in [4.78, 5) is 12.7. The molecule has 24 heavy (non-hydrogen) atoms. The third kappa shape index (κ3) is 2.73. The maximum atomic E-state index is 12.7. The third-order valence-corrected chi connectivity index (χ3v) is 4.45. The highest BCUT2D eigenvalue weighted by Crippen LogP contribution is 2.36. The summed E-state index contributed by atoms with van der Waals surface area (Å²) < 4.78 is 3.91. The van der Waals surface area contributed by atoms with E-state index in [0.29, 0.717) is 6.04 Å². The summed E-state index contributed by atoms with van der Waals surface area (Å²) in [5.74, 6) is -0.0327. The Morgan fingerprint density at radius 3 is 2.75 bits per heavy atom. The van der Waals surface area contributed by atoms with Crippen LogP contribution in [0.15, 0.2) is 61.1 Å². The topological polar surface area (TPSA) is 51.9 Å². The number of para-hydroxylation sites is 1. The van der Waals surface area contributed by atoms with Gasteiger partial charge in [0.1, 0.15) is 5.69 Å². The lowest BCUT2D eigenvalue weighted by Gasteiger charge is -2.18. The smallest absolute Gasteiger partial charge is 0.268 e. The highest BCUT2D eigenvalue weighted by Gasteiger charge is 2.27. The molecule has 0 saturated heterocycles. The van der Waals surface area contributed by atoms with E-state index in [-0.39, 0.29) is 11.9 Å². The number of carbonyl (C=O) groups is 1. The van der Waals surface area contributed by atoms with Crippen molar-refractivity contribution in [1.29, 1.82) is 0 Å². The summed E-state index contributed by atoms with van der Waals surface area (Å²) in [6.45, 7) is 2.00. The van der Waals surface area contributed by atoms with Gasteiger partial charge in [-0.1, -0.05) is 18.2 Å². The van der Waals surface area contributed by atoms with Gasteiger partial charge in [0.25, 0.3) is 5.91 Å². The fourth-order valence-electron chi connectivity index (χ4n) is 3.08. The Hall–Kier alpha value is -2.82. The minimum Gasteiger partial charge on any atom is -0.344 e. The number of benzene rings is 1. The van der Waals surface area contributed by atoms with Crippen LogP contribution in [0, 0.1) is 0 Å². The molecule has 0 spiro atoms. The van der Waals surface area contributed by atoms with Crippen LogP contribution in [0.1, 0.15) is 47.9 Å². The first-order chi connectivity index (χ1) is 11.7. The predicted octanol–water partition coefficient (Wildman–Crippen LogP) is 3.50. The van der Waals surface area contributed by atoms with Crippen LogP contribution in [0.25, 0.3) is 5.69 Å². The number of aromatic nitrogens is 3. The van der Waals surface area contributed by atoms with Crippen LogP contribution < -0.4 is 5.32 Å². The monoisotopic (exact) mass is 320 g/mol. The van der Waals surface area contributed by atoms with E-state index in [9.17, 15) is 4.79 Å². The fourth-order valence-corrected chi connectivity index (χ4v) is 3.08. The van der Waals surface area contributed by atoms with E-state index in [1.54, 1.807) is 6.20 Å². The highest BCUT2D eigenvalue weighted by atomic mass is 16.2. The molecule has 1 N–H and O–H groups in total. The molecule has 1 aromatic carbocycles. The first kappa shape index (κ1) is 14.8. The van der Waals surface area contributed by atoms with E-state index in [1.807, 2.05) is 66.5 Å². The van der Waals surface area contributed by atoms with Gasteiger partial charge in [0.2, 0.25) is 0 Å². The minimum atomic E-state index is -0.111. The Morgan fingerprint density at radius 1 is 1.17 bits per heavy atom. The lowest BCUT2D eigenvalue weighted by Crippen LogP contribution is -2.29. The normalized spacial score (nSPS) is 15.2. The summed E-state index contributed by atoms with van der Waals surface area (Å²) in [5, 5.41) is 7.43. The lowest BCUT2D eigenvalue weighted by atomic mass is 10.1. The van der Waals surface area contributed by atoms with E-state index in [1.165, 1.54) is 0 Å². The van der Waals surface area contributed by atoms with Crippen molar-refractivity contribution in [3.8, 4) is 5.69 Å². The first-order valence-corrected chi connectivity index (χ1v) is 8.30. The number of hydrogen-bond acceptors (Lipinski definition) is 2. The average molecular weight is 320 g/mol. The number of nitrogens with one attached hydrogen (secondary N) is 1. The van der Waals surface area contributed by atoms with Crippen molar-refractivity contribution in [3.63, 3.8) is 0 Å². The Balaban J connectivity index is 1.57. The molecule has 2 heterocycles. The van der Waals surface area contributed by atoms with E-state index in [2.05, 4.69) is 15.0 Å². The van der Waals surface area contributed by atoms with Crippen LogP contribution in [0.2, 0.25) is 0 Å². The summed E-state index contributed by atoms with van der Waals surface area (Å²) >= 11 is 0. The van der Waals surface area contributed by atoms with Gasteiger partial charge in [0, 0.05) is 24.6 Å². The van der Waals surface area contributed by atoms with Gasteiger partial charge in [-0.25, -0.2) is 4.68 Å². The van der Waals surface area contributed by atoms with Gasteiger partial charge < -0.3 is 9.88 Å². The van der Waals surface area contributed by atoms with E-state index >= 15 is 0 Å². The second-order valence-electron chi connectivity index (χ2n) is 6.24. The zero-order chi connectivity index (χ0) is 16.5. The van der Waals surface area contributed by atoms with Crippen molar-refractivity contribution >= 4 is 5.91 Å². The lowest BCUT2D eigenvalue weighted by molar-refractivity contribution is 0.0930. The van der Waals surface area contributed by atoms with Gasteiger partial charge in [-0.3, -0.25) is 4.79 Å². The van der Waals surface area contributed by atoms with Crippen LogP contribution in [-0.2, 0) is 0 Å². The van der Waals surface area contributed by atoms with Crippen LogP contribution in [0.4, 0.5) is 0 Å². The van der Waals surface area contributed by atoms with Crippen molar-refractivity contribution in [3.05, 3.63) is 72.3 Å². The molecule has 1 amide bonds. The molecule has 1 fully saturated rings. The molecule has 1 atom stereocenters. The van der Waals surface area contributed by atoms with E-state index < -0.39 is 0 Å². The fraction of sp³-hybridized carbons (Fsp3) is 0.263. The molecule has 3 aromatic rings. The minimum absolute atomic E-state index is 0.0327. The van der Waals surface area contributed by atoms with Crippen LogP contribution in [-0.4, -0.2) is 20.3 Å². The van der Waals surface area contributed by atoms with Gasteiger partial charge in [-0.2, -0.15) is 5.10 Å². The Bertz CT molecular complexity index is 846. The van der Waals surface area contributed by atoms with Gasteiger partial charge in [-0.15, -0.1) is 0 Å². The van der Waals surface area contributed by atoms with Gasteiger partial charge >= 0.3 is 0 Å². The zero-order valence-corrected chi connectivity index (χ0v) is 13.6. The number of amides is 1. The second kappa shape index (κ2) is 6.00. The summed E-state index contributed by atoms with van der Waals surface area (Å²) in [5.41, 5.74) is 2.76. The van der Waals surface area contributed by atoms with Crippen molar-refractivity contribution in [2.75, 3.05) is 0 Å². The molecule has 0 bridgehead atoms. The summed E-state index contributed by atoms with van der Waals surface area (Å²) in [6, 6.07) is 14.1. The zero-order valence-electron chi connectivity index (χ0n) is 13.6. The Labute approximate surface area is 140 Å². The second-order valence-corrected chi connectivity index (χ2v) is 6.24. The van der Waals surface area contributed by atoms with Crippen LogP contribution in [0.5, 0.6) is 0 Å². The maximum Gasteiger partial charge on any atom is 0.268 e. The van der Waals surface area contributed by atoms with Crippen molar-refractivity contribution in [2.45, 2.75) is 31.8 Å². The average Bonchev–Trinajstić information content (AvgIpc) is 3.11. The molecule has 0 radical (unpaired) electrons. The molecule has 1 unspecified atom stereocenters. The van der Waals surface area contributed by atoms with Gasteiger partial charge in [-0.05, 0) is 49.6 Å². The molecule has 122 valence electrons. The van der Waals surface area contributed by atoms with E-state index in [0.717, 1.165) is 29.8 Å². The maximum absolute atomic E-state index is 12.7. The number of hydrogen-bond donors (Lipinski definition) is 1. The van der Waals surface area contributed by atoms with E-state index in [4.69, 9.17) is 0 Å². The van der Waals surface area contributed by atoms with Crippen LogP contribution >= 0.6 is 0 Å². The number of nitrogens with zero attached hydrogens (tertiary/aromatic N) is 3. The van der Waals surface area contributed by atoms with Crippen molar-refractivity contribution < 1.29 is 4.79 Å². The molecule has 1 aliphatic carbocycles.